The van der Waals surface area contributed by atoms with Gasteiger partial charge in [0, 0.05) is 18.1 Å². The van der Waals surface area contributed by atoms with Crippen LogP contribution in [0.2, 0.25) is 0 Å². The molecule has 0 fully saturated rings. The molecule has 0 spiro atoms. The van der Waals surface area contributed by atoms with E-state index in [1.807, 2.05) is 31.2 Å². The molecule has 1 aromatic carbocycles. The SMILES string of the molecule is CCc1nc(-c2ccc(OC)cc2)cc(=O)[nH]1. The second-order valence-corrected chi connectivity index (χ2v) is 3.66. The van der Waals surface area contributed by atoms with Gasteiger partial charge < -0.3 is 9.72 Å². The van der Waals surface area contributed by atoms with Crippen molar-refractivity contribution in [1.82, 2.24) is 9.97 Å². The van der Waals surface area contributed by atoms with Gasteiger partial charge in [-0.3, -0.25) is 4.79 Å². The first-order valence-electron chi connectivity index (χ1n) is 5.47. The Morgan fingerprint density at radius 3 is 2.59 bits per heavy atom. The lowest BCUT2D eigenvalue weighted by Gasteiger charge is -2.04. The Morgan fingerprint density at radius 1 is 1.29 bits per heavy atom. The maximum Gasteiger partial charge on any atom is 0.251 e. The zero-order chi connectivity index (χ0) is 12.3. The van der Waals surface area contributed by atoms with Gasteiger partial charge in [0.05, 0.1) is 12.8 Å². The molecule has 0 atom stereocenters. The quantitative estimate of drug-likeness (QED) is 0.877. The Bertz CT molecular complexity index is 558. The van der Waals surface area contributed by atoms with Crippen LogP contribution >= 0.6 is 0 Å². The Hall–Kier alpha value is -2.10. The van der Waals surface area contributed by atoms with Crippen molar-refractivity contribution in [3.8, 4) is 17.0 Å². The molecule has 2 aromatic rings. The van der Waals surface area contributed by atoms with Gasteiger partial charge in [0.25, 0.3) is 5.56 Å². The van der Waals surface area contributed by atoms with E-state index in [0.717, 1.165) is 11.3 Å². The summed E-state index contributed by atoms with van der Waals surface area (Å²) in [4.78, 5) is 18.5. The monoisotopic (exact) mass is 230 g/mol. The van der Waals surface area contributed by atoms with E-state index in [-0.39, 0.29) is 5.56 Å². The van der Waals surface area contributed by atoms with Crippen LogP contribution in [0.25, 0.3) is 11.3 Å². The van der Waals surface area contributed by atoms with Crippen molar-refractivity contribution in [3.63, 3.8) is 0 Å². The topological polar surface area (TPSA) is 55.0 Å². The highest BCUT2D eigenvalue weighted by Crippen LogP contribution is 2.19. The second kappa shape index (κ2) is 4.82. The van der Waals surface area contributed by atoms with Crippen molar-refractivity contribution in [2.75, 3.05) is 7.11 Å². The Balaban J connectivity index is 2.44. The first-order chi connectivity index (χ1) is 8.22. The minimum Gasteiger partial charge on any atom is -0.497 e. The van der Waals surface area contributed by atoms with Crippen molar-refractivity contribution >= 4 is 0 Å². The standard InChI is InChI=1S/C13H14N2O2/c1-3-12-14-11(8-13(16)15-12)9-4-6-10(17-2)7-5-9/h4-8H,3H2,1-2H3,(H,14,15,16). The lowest BCUT2D eigenvalue weighted by Crippen LogP contribution is -2.10. The molecular formula is C13H14N2O2. The third kappa shape index (κ3) is 2.53. The molecule has 0 aliphatic heterocycles. The fourth-order valence-corrected chi connectivity index (χ4v) is 1.59. The third-order valence-electron chi connectivity index (χ3n) is 2.51. The average molecular weight is 230 g/mol. The Labute approximate surface area is 99.3 Å². The largest absolute Gasteiger partial charge is 0.497 e. The highest BCUT2D eigenvalue weighted by Gasteiger charge is 2.03. The van der Waals surface area contributed by atoms with Gasteiger partial charge in [-0.15, -0.1) is 0 Å². The zero-order valence-electron chi connectivity index (χ0n) is 9.86. The van der Waals surface area contributed by atoms with Crippen LogP contribution in [0.1, 0.15) is 12.7 Å². The minimum atomic E-state index is -0.123. The molecule has 4 nitrogen and oxygen atoms in total. The van der Waals surface area contributed by atoms with Crippen molar-refractivity contribution in [2.24, 2.45) is 0 Å². The normalized spacial score (nSPS) is 10.2. The predicted molar refractivity (Wildman–Crippen MR) is 66.2 cm³/mol. The molecule has 0 radical (unpaired) electrons. The maximum atomic E-state index is 11.4. The highest BCUT2D eigenvalue weighted by molar-refractivity contribution is 5.59. The number of methoxy groups -OCH3 is 1. The van der Waals surface area contributed by atoms with E-state index < -0.39 is 0 Å². The molecule has 0 amide bonds. The molecule has 0 saturated heterocycles. The number of hydrogen-bond donors (Lipinski definition) is 1. The molecule has 0 aliphatic rings. The molecule has 0 saturated carbocycles. The lowest BCUT2D eigenvalue weighted by molar-refractivity contribution is 0.415. The van der Waals surface area contributed by atoms with E-state index in [0.29, 0.717) is 17.9 Å². The number of nitrogens with zero attached hydrogens (tertiary/aromatic N) is 1. The Kier molecular flexibility index (Phi) is 3.23. The molecule has 1 heterocycles. The number of benzene rings is 1. The number of nitrogens with one attached hydrogen (secondary N) is 1. The van der Waals surface area contributed by atoms with Gasteiger partial charge in [0.2, 0.25) is 0 Å². The molecular weight excluding hydrogens is 216 g/mol. The van der Waals surface area contributed by atoms with Crippen LogP contribution in [0.15, 0.2) is 35.1 Å². The first kappa shape index (κ1) is 11.4. The number of H-pyrrole nitrogens is 1. The third-order valence-corrected chi connectivity index (χ3v) is 2.51. The summed E-state index contributed by atoms with van der Waals surface area (Å²) in [6.45, 7) is 1.95. The van der Waals surface area contributed by atoms with Crippen molar-refractivity contribution < 1.29 is 4.74 Å². The summed E-state index contributed by atoms with van der Waals surface area (Å²) < 4.78 is 5.09. The molecule has 2 rings (SSSR count). The number of ether oxygens (including phenoxy) is 1. The summed E-state index contributed by atoms with van der Waals surface area (Å²) in [5, 5.41) is 0. The van der Waals surface area contributed by atoms with Crippen LogP contribution in [0.3, 0.4) is 0 Å². The highest BCUT2D eigenvalue weighted by atomic mass is 16.5. The van der Waals surface area contributed by atoms with Gasteiger partial charge in [-0.25, -0.2) is 4.98 Å². The van der Waals surface area contributed by atoms with Crippen LogP contribution < -0.4 is 10.3 Å². The molecule has 0 unspecified atom stereocenters. The van der Waals surface area contributed by atoms with Crippen LogP contribution in [0.5, 0.6) is 5.75 Å². The summed E-state index contributed by atoms with van der Waals surface area (Å²) in [5.74, 6) is 1.48. The van der Waals surface area contributed by atoms with Crippen molar-refractivity contribution in [1.29, 1.82) is 0 Å². The molecule has 88 valence electrons. The van der Waals surface area contributed by atoms with Gasteiger partial charge in [-0.05, 0) is 24.3 Å². The zero-order valence-corrected chi connectivity index (χ0v) is 9.86. The van der Waals surface area contributed by atoms with Crippen LogP contribution in [0.4, 0.5) is 0 Å². The molecule has 4 heteroatoms. The number of aromatic nitrogens is 2. The molecule has 1 aromatic heterocycles. The average Bonchev–Trinajstić information content (AvgIpc) is 2.38. The van der Waals surface area contributed by atoms with Gasteiger partial charge in [-0.1, -0.05) is 6.92 Å². The van der Waals surface area contributed by atoms with E-state index in [2.05, 4.69) is 9.97 Å². The van der Waals surface area contributed by atoms with Crippen molar-refractivity contribution in [3.05, 3.63) is 46.5 Å². The summed E-state index contributed by atoms with van der Waals surface area (Å²) in [6.07, 6.45) is 0.708. The maximum absolute atomic E-state index is 11.4. The molecule has 1 N–H and O–H groups in total. The van der Waals surface area contributed by atoms with E-state index >= 15 is 0 Å². The summed E-state index contributed by atoms with van der Waals surface area (Å²) >= 11 is 0. The number of hydrogen-bond acceptors (Lipinski definition) is 3. The summed E-state index contributed by atoms with van der Waals surface area (Å²) in [6, 6.07) is 8.98. The number of rotatable bonds is 3. The van der Waals surface area contributed by atoms with E-state index in [1.54, 1.807) is 7.11 Å². The van der Waals surface area contributed by atoms with Crippen molar-refractivity contribution in [2.45, 2.75) is 13.3 Å². The van der Waals surface area contributed by atoms with Gasteiger partial charge >= 0.3 is 0 Å². The minimum absolute atomic E-state index is 0.123. The first-order valence-corrected chi connectivity index (χ1v) is 5.47. The smallest absolute Gasteiger partial charge is 0.251 e. The second-order valence-electron chi connectivity index (χ2n) is 3.66. The lowest BCUT2D eigenvalue weighted by atomic mass is 10.1. The fourth-order valence-electron chi connectivity index (χ4n) is 1.59. The van der Waals surface area contributed by atoms with Crippen LogP contribution in [-0.2, 0) is 6.42 Å². The fraction of sp³-hybridized carbons (Fsp3) is 0.231. The van der Waals surface area contributed by atoms with Crippen LogP contribution in [0, 0.1) is 0 Å². The van der Waals surface area contributed by atoms with Gasteiger partial charge in [0.15, 0.2) is 0 Å². The molecule has 0 aliphatic carbocycles. The molecule has 17 heavy (non-hydrogen) atoms. The van der Waals surface area contributed by atoms with E-state index in [4.69, 9.17) is 4.74 Å². The number of aromatic amines is 1. The summed E-state index contributed by atoms with van der Waals surface area (Å²) in [5.41, 5.74) is 1.47. The van der Waals surface area contributed by atoms with Gasteiger partial charge in [0.1, 0.15) is 11.6 Å². The summed E-state index contributed by atoms with van der Waals surface area (Å²) in [7, 11) is 1.62. The van der Waals surface area contributed by atoms with E-state index in [9.17, 15) is 4.79 Å². The number of aryl methyl sites for hydroxylation is 1. The molecule has 0 bridgehead atoms. The Morgan fingerprint density at radius 2 is 2.00 bits per heavy atom. The van der Waals surface area contributed by atoms with Crippen LogP contribution in [-0.4, -0.2) is 17.1 Å². The van der Waals surface area contributed by atoms with E-state index in [1.165, 1.54) is 6.07 Å². The predicted octanol–water partition coefficient (Wildman–Crippen LogP) is 2.01. The van der Waals surface area contributed by atoms with Gasteiger partial charge in [-0.2, -0.15) is 0 Å².